The van der Waals surface area contributed by atoms with E-state index >= 15 is 0 Å². The number of nitrogens with zero attached hydrogens (tertiary/aromatic N) is 3. The molecule has 0 aliphatic carbocycles. The van der Waals surface area contributed by atoms with E-state index in [1.54, 1.807) is 0 Å². The van der Waals surface area contributed by atoms with Crippen molar-refractivity contribution in [3.05, 3.63) is 0 Å². The van der Waals surface area contributed by atoms with Crippen LogP contribution in [0.5, 0.6) is 0 Å². The molecule has 0 spiro atoms. The largest absolute Gasteiger partial charge is 0.356 e. The van der Waals surface area contributed by atoms with Gasteiger partial charge in [0.05, 0.1) is 0 Å². The van der Waals surface area contributed by atoms with Crippen LogP contribution in [-0.2, 0) is 0 Å². The average Bonchev–Trinajstić information content (AvgIpc) is 2.62. The zero-order chi connectivity index (χ0) is 19.4. The van der Waals surface area contributed by atoms with Gasteiger partial charge in [0, 0.05) is 52.9 Å². The molecule has 0 radical (unpaired) electrons. The molecule has 1 aliphatic heterocycles. The molecule has 1 fully saturated rings. The number of rotatable bonds is 11. The van der Waals surface area contributed by atoms with Crippen molar-refractivity contribution in [1.29, 1.82) is 0 Å². The van der Waals surface area contributed by atoms with E-state index in [0.717, 1.165) is 19.0 Å². The fourth-order valence-electron chi connectivity index (χ4n) is 3.55. The Morgan fingerprint density at radius 3 is 2.27 bits per heavy atom. The number of aliphatic imine (C=N–C) groups is 1. The first-order chi connectivity index (χ1) is 12.4. The number of hydrogen-bond acceptors (Lipinski definition) is 3. The van der Waals surface area contributed by atoms with E-state index in [2.05, 4.69) is 60.0 Å². The highest BCUT2D eigenvalue weighted by Gasteiger charge is 2.19. The third-order valence-corrected chi connectivity index (χ3v) is 5.52. The number of nitrogens with one attached hydrogen (secondary N) is 2. The second-order valence-corrected chi connectivity index (χ2v) is 8.77. The first kappa shape index (κ1) is 23.2. The molecule has 2 N–H and O–H groups in total. The Kier molecular flexibility index (Phi) is 11.2. The highest BCUT2D eigenvalue weighted by molar-refractivity contribution is 5.79. The molecule has 0 amide bonds. The molecule has 154 valence electrons. The highest BCUT2D eigenvalue weighted by atomic mass is 15.3. The van der Waals surface area contributed by atoms with Crippen molar-refractivity contribution < 1.29 is 0 Å². The lowest BCUT2D eigenvalue weighted by Gasteiger charge is -2.35. The minimum Gasteiger partial charge on any atom is -0.356 e. The summed E-state index contributed by atoms with van der Waals surface area (Å²) >= 11 is 0. The van der Waals surface area contributed by atoms with E-state index in [0.29, 0.717) is 11.3 Å². The van der Waals surface area contributed by atoms with Gasteiger partial charge in [-0.3, -0.25) is 4.99 Å². The van der Waals surface area contributed by atoms with Crippen molar-refractivity contribution in [2.24, 2.45) is 16.3 Å². The lowest BCUT2D eigenvalue weighted by molar-refractivity contribution is 0.124. The van der Waals surface area contributed by atoms with Crippen molar-refractivity contribution in [2.75, 3.05) is 59.4 Å². The number of hydrogen-bond donors (Lipinski definition) is 2. The fraction of sp³-hybridized carbons (Fsp3) is 0.952. The van der Waals surface area contributed by atoms with Crippen LogP contribution in [0.1, 0.15) is 60.3 Å². The van der Waals surface area contributed by atoms with Crippen molar-refractivity contribution >= 4 is 5.96 Å². The Balaban J connectivity index is 2.24. The predicted octanol–water partition coefficient (Wildman–Crippen LogP) is 3.03. The summed E-state index contributed by atoms with van der Waals surface area (Å²) in [6, 6.07) is 0. The molecule has 26 heavy (non-hydrogen) atoms. The lowest BCUT2D eigenvalue weighted by atomic mass is 9.87. The van der Waals surface area contributed by atoms with Gasteiger partial charge >= 0.3 is 0 Å². The molecule has 5 heteroatoms. The number of likely N-dealkylation sites (N-methyl/N-ethyl adjacent to an activating group) is 1. The van der Waals surface area contributed by atoms with Crippen molar-refractivity contribution in [3.63, 3.8) is 0 Å². The molecule has 0 saturated carbocycles. The van der Waals surface area contributed by atoms with Gasteiger partial charge in [0.25, 0.3) is 0 Å². The van der Waals surface area contributed by atoms with Gasteiger partial charge < -0.3 is 20.4 Å². The van der Waals surface area contributed by atoms with Crippen LogP contribution in [0.15, 0.2) is 4.99 Å². The Labute approximate surface area is 163 Å². The number of guanidine groups is 1. The molecular weight excluding hydrogens is 322 g/mol. The summed E-state index contributed by atoms with van der Waals surface area (Å²) in [5, 5.41) is 7.05. The normalized spacial score (nSPS) is 18.8. The summed E-state index contributed by atoms with van der Waals surface area (Å²) in [6.07, 6.45) is 5.21. The molecule has 1 saturated heterocycles. The quantitative estimate of drug-likeness (QED) is 0.335. The summed E-state index contributed by atoms with van der Waals surface area (Å²) in [5.74, 6) is 1.57. The number of unbranched alkanes of at least 4 members (excludes halogenated alkanes) is 2. The minimum atomic E-state index is 0.317. The molecule has 1 atom stereocenters. The second kappa shape index (κ2) is 12.6. The van der Waals surface area contributed by atoms with E-state index in [4.69, 9.17) is 0 Å². The second-order valence-electron chi connectivity index (χ2n) is 8.77. The fourth-order valence-corrected chi connectivity index (χ4v) is 3.55. The van der Waals surface area contributed by atoms with Gasteiger partial charge in [-0.2, -0.15) is 0 Å². The van der Waals surface area contributed by atoms with Crippen molar-refractivity contribution in [2.45, 2.75) is 60.3 Å². The van der Waals surface area contributed by atoms with Crippen LogP contribution in [-0.4, -0.2) is 75.2 Å². The van der Waals surface area contributed by atoms with Gasteiger partial charge in [0.2, 0.25) is 0 Å². The Hall–Kier alpha value is -0.810. The molecular formula is C21H45N5. The maximum absolute atomic E-state index is 4.40. The van der Waals surface area contributed by atoms with Gasteiger partial charge in [0.15, 0.2) is 5.96 Å². The van der Waals surface area contributed by atoms with Crippen LogP contribution >= 0.6 is 0 Å². The summed E-state index contributed by atoms with van der Waals surface area (Å²) in [4.78, 5) is 9.54. The molecule has 0 aromatic heterocycles. The summed E-state index contributed by atoms with van der Waals surface area (Å²) < 4.78 is 0. The van der Waals surface area contributed by atoms with Crippen LogP contribution in [0.3, 0.4) is 0 Å². The zero-order valence-corrected chi connectivity index (χ0v) is 18.4. The van der Waals surface area contributed by atoms with Crippen LogP contribution in [0.2, 0.25) is 0 Å². The molecule has 1 aliphatic rings. The van der Waals surface area contributed by atoms with E-state index in [9.17, 15) is 0 Å². The first-order valence-corrected chi connectivity index (χ1v) is 10.8. The highest BCUT2D eigenvalue weighted by Crippen LogP contribution is 2.22. The van der Waals surface area contributed by atoms with Crippen LogP contribution in [0, 0.1) is 11.3 Å². The lowest BCUT2D eigenvalue weighted by Crippen LogP contribution is -2.49. The Morgan fingerprint density at radius 2 is 1.69 bits per heavy atom. The van der Waals surface area contributed by atoms with E-state index in [1.807, 2.05) is 7.05 Å². The summed E-state index contributed by atoms with van der Waals surface area (Å²) in [5.41, 5.74) is 0.317. The van der Waals surface area contributed by atoms with E-state index in [-0.39, 0.29) is 0 Å². The van der Waals surface area contributed by atoms with Crippen LogP contribution < -0.4 is 10.6 Å². The monoisotopic (exact) mass is 367 g/mol. The molecule has 0 bridgehead atoms. The zero-order valence-electron chi connectivity index (χ0n) is 18.4. The van der Waals surface area contributed by atoms with Gasteiger partial charge in [-0.05, 0) is 24.3 Å². The maximum atomic E-state index is 4.40. The minimum absolute atomic E-state index is 0.317. The SMILES string of the molecule is CCCCCC(C)(C)CNC(=NC)NCC(C)CN1CCN(CC)CC1. The van der Waals surface area contributed by atoms with Crippen molar-refractivity contribution in [1.82, 2.24) is 20.4 Å². The smallest absolute Gasteiger partial charge is 0.191 e. The molecule has 1 rings (SSSR count). The average molecular weight is 368 g/mol. The molecule has 1 heterocycles. The van der Waals surface area contributed by atoms with Gasteiger partial charge in [-0.25, -0.2) is 0 Å². The Morgan fingerprint density at radius 1 is 1.04 bits per heavy atom. The van der Waals surface area contributed by atoms with Gasteiger partial charge in [-0.15, -0.1) is 0 Å². The van der Waals surface area contributed by atoms with Crippen LogP contribution in [0.4, 0.5) is 0 Å². The van der Waals surface area contributed by atoms with Gasteiger partial charge in [-0.1, -0.05) is 53.9 Å². The first-order valence-electron chi connectivity index (χ1n) is 10.8. The standard InChI is InChI=1S/C21H45N5/c1-7-9-10-11-21(4,5)18-24-20(22-6)23-16-19(3)17-26-14-12-25(8-2)13-15-26/h19H,7-18H2,1-6H3,(H2,22,23,24). The topological polar surface area (TPSA) is 42.9 Å². The van der Waals surface area contributed by atoms with Crippen LogP contribution in [0.25, 0.3) is 0 Å². The Bertz CT molecular complexity index is 386. The molecule has 1 unspecified atom stereocenters. The molecule has 0 aromatic rings. The molecule has 5 nitrogen and oxygen atoms in total. The third kappa shape index (κ3) is 9.77. The van der Waals surface area contributed by atoms with E-state index in [1.165, 1.54) is 65.0 Å². The predicted molar refractivity (Wildman–Crippen MR) is 115 cm³/mol. The summed E-state index contributed by atoms with van der Waals surface area (Å²) in [7, 11) is 1.87. The molecule has 0 aromatic carbocycles. The maximum Gasteiger partial charge on any atom is 0.191 e. The summed E-state index contributed by atoms with van der Waals surface area (Å²) in [6.45, 7) is 20.7. The van der Waals surface area contributed by atoms with Gasteiger partial charge in [0.1, 0.15) is 0 Å². The third-order valence-electron chi connectivity index (χ3n) is 5.52. The van der Waals surface area contributed by atoms with E-state index < -0.39 is 0 Å². The van der Waals surface area contributed by atoms with Crippen molar-refractivity contribution in [3.8, 4) is 0 Å². The number of piperazine rings is 1.